The van der Waals surface area contributed by atoms with Crippen LogP contribution >= 0.6 is 12.4 Å². The first-order valence-corrected chi connectivity index (χ1v) is 9.54. The largest absolute Gasteiger partial charge is 0.319 e. The van der Waals surface area contributed by atoms with Crippen molar-refractivity contribution >= 4 is 24.0 Å². The van der Waals surface area contributed by atoms with Gasteiger partial charge in [-0.2, -0.15) is 5.10 Å². The maximum absolute atomic E-state index is 14.7. The lowest BCUT2D eigenvalue weighted by atomic mass is 9.99. The van der Waals surface area contributed by atoms with E-state index in [2.05, 4.69) is 25.8 Å². The Hall–Kier alpha value is -2.77. The van der Waals surface area contributed by atoms with Gasteiger partial charge in [-0.3, -0.25) is 9.89 Å². The van der Waals surface area contributed by atoms with Crippen LogP contribution in [0, 0.1) is 5.82 Å². The fraction of sp³-hybridized carbons (Fsp3) is 0.286. The number of aromatic nitrogens is 3. The van der Waals surface area contributed by atoms with Crippen molar-refractivity contribution in [2.24, 2.45) is 0 Å². The van der Waals surface area contributed by atoms with Gasteiger partial charge < -0.3 is 10.6 Å². The number of amides is 1. The molecule has 0 atom stereocenters. The maximum Gasteiger partial charge on any atom is 0.255 e. The van der Waals surface area contributed by atoms with Gasteiger partial charge in [-0.05, 0) is 55.1 Å². The third-order valence-corrected chi connectivity index (χ3v) is 5.33. The molecule has 1 aromatic heterocycles. The van der Waals surface area contributed by atoms with E-state index in [4.69, 9.17) is 0 Å². The van der Waals surface area contributed by atoms with Crippen molar-refractivity contribution in [3.05, 3.63) is 64.7 Å². The summed E-state index contributed by atoms with van der Waals surface area (Å²) in [7, 11) is 0. The molecule has 8 heteroatoms. The quantitative estimate of drug-likeness (QED) is 0.607. The number of nitrogens with one attached hydrogen (secondary N) is 3. The van der Waals surface area contributed by atoms with Gasteiger partial charge in [-0.1, -0.05) is 18.2 Å². The lowest BCUT2D eigenvalue weighted by Gasteiger charge is -2.19. The summed E-state index contributed by atoms with van der Waals surface area (Å²) in [6.45, 7) is 1.40. The molecule has 5 rings (SSSR count). The van der Waals surface area contributed by atoms with E-state index in [-0.39, 0.29) is 29.8 Å². The molecule has 2 aliphatic rings. The third-order valence-electron chi connectivity index (χ3n) is 5.33. The molecule has 1 amide bonds. The zero-order valence-electron chi connectivity index (χ0n) is 15.7. The van der Waals surface area contributed by atoms with Crippen LogP contribution < -0.4 is 10.6 Å². The lowest BCUT2D eigenvalue weighted by molar-refractivity contribution is 0.102. The van der Waals surface area contributed by atoms with Crippen LogP contribution in [0.4, 0.5) is 10.1 Å². The second-order valence-corrected chi connectivity index (χ2v) is 7.34. The Balaban J connectivity index is 0.00000205. The number of nitrogens with zero attached hydrogens (tertiary/aromatic N) is 2. The molecule has 0 spiro atoms. The predicted molar refractivity (Wildman–Crippen MR) is 111 cm³/mol. The second-order valence-electron chi connectivity index (χ2n) is 7.34. The molecule has 3 aromatic rings. The molecule has 0 unspecified atom stereocenters. The monoisotopic (exact) mass is 413 g/mol. The topological polar surface area (TPSA) is 82.7 Å². The highest BCUT2D eigenvalue weighted by Gasteiger charge is 2.27. The van der Waals surface area contributed by atoms with Crippen molar-refractivity contribution in [3.63, 3.8) is 0 Å². The van der Waals surface area contributed by atoms with Crippen LogP contribution in [0.2, 0.25) is 0 Å². The fourth-order valence-corrected chi connectivity index (χ4v) is 3.54. The summed E-state index contributed by atoms with van der Waals surface area (Å²) < 4.78 is 14.7. The Morgan fingerprint density at radius 2 is 1.93 bits per heavy atom. The van der Waals surface area contributed by atoms with E-state index >= 15 is 0 Å². The number of fused-ring (bicyclic) bond motifs is 1. The summed E-state index contributed by atoms with van der Waals surface area (Å²) in [5, 5.41) is 13.1. The van der Waals surface area contributed by atoms with Gasteiger partial charge >= 0.3 is 0 Å². The summed E-state index contributed by atoms with van der Waals surface area (Å²) >= 11 is 0. The van der Waals surface area contributed by atoms with E-state index < -0.39 is 0 Å². The molecule has 1 aliphatic heterocycles. The molecule has 29 heavy (non-hydrogen) atoms. The summed E-state index contributed by atoms with van der Waals surface area (Å²) in [6.07, 6.45) is 2.94. The minimum atomic E-state index is -0.340. The molecule has 0 bridgehead atoms. The third kappa shape index (κ3) is 3.88. The molecular formula is C21H21ClFN5O. The molecule has 2 aromatic carbocycles. The Morgan fingerprint density at radius 1 is 1.14 bits per heavy atom. The maximum atomic E-state index is 14.7. The molecule has 1 saturated carbocycles. The van der Waals surface area contributed by atoms with E-state index in [9.17, 15) is 9.18 Å². The SMILES string of the molecule is Cl.O=C(Nc1ccc2c(c1F)CCNC2)c1ccc(-c2n[nH]c(C3CC3)n2)cc1. The van der Waals surface area contributed by atoms with Crippen LogP contribution in [-0.2, 0) is 13.0 Å². The first kappa shape index (κ1) is 19.5. The molecule has 3 N–H and O–H groups in total. The fourth-order valence-electron chi connectivity index (χ4n) is 3.54. The molecule has 6 nitrogen and oxygen atoms in total. The molecule has 0 radical (unpaired) electrons. The van der Waals surface area contributed by atoms with Crippen molar-refractivity contribution < 1.29 is 9.18 Å². The average Bonchev–Trinajstić information content (AvgIpc) is 3.47. The normalized spacial score (nSPS) is 15.3. The van der Waals surface area contributed by atoms with E-state index in [1.807, 2.05) is 18.2 Å². The number of carbonyl (C=O) groups excluding carboxylic acids is 1. The molecule has 0 saturated heterocycles. The Morgan fingerprint density at radius 3 is 2.69 bits per heavy atom. The van der Waals surface area contributed by atoms with Crippen LogP contribution in [-0.4, -0.2) is 27.6 Å². The van der Waals surface area contributed by atoms with Crippen LogP contribution in [0.5, 0.6) is 0 Å². The van der Waals surface area contributed by atoms with E-state index in [0.717, 1.165) is 36.3 Å². The zero-order valence-corrected chi connectivity index (χ0v) is 16.5. The van der Waals surface area contributed by atoms with Crippen LogP contribution in [0.3, 0.4) is 0 Å². The molecule has 2 heterocycles. The van der Waals surface area contributed by atoms with Gasteiger partial charge in [0.05, 0.1) is 5.69 Å². The highest BCUT2D eigenvalue weighted by molar-refractivity contribution is 6.04. The minimum absolute atomic E-state index is 0. The number of rotatable bonds is 4. The van der Waals surface area contributed by atoms with Crippen LogP contribution in [0.25, 0.3) is 11.4 Å². The molecule has 1 fully saturated rings. The van der Waals surface area contributed by atoms with Gasteiger partial charge in [-0.25, -0.2) is 9.37 Å². The standard InChI is InChI=1S/C21H20FN5O.ClH/c22-18-16-9-10-23-11-15(16)7-8-17(18)24-21(28)14-5-3-13(4-6-14)20-25-19(26-27-20)12-1-2-12;/h3-8,12,23H,1-2,9-11H2,(H,24,28)(H,25,26,27);1H. The van der Waals surface area contributed by atoms with Crippen molar-refractivity contribution in [1.82, 2.24) is 20.5 Å². The molecular weight excluding hydrogens is 393 g/mol. The second kappa shape index (κ2) is 7.93. The molecule has 150 valence electrons. The first-order chi connectivity index (χ1) is 13.7. The van der Waals surface area contributed by atoms with Gasteiger partial charge in [0.25, 0.3) is 5.91 Å². The summed E-state index contributed by atoms with van der Waals surface area (Å²) in [5.41, 5.74) is 3.15. The van der Waals surface area contributed by atoms with Crippen molar-refractivity contribution in [2.75, 3.05) is 11.9 Å². The van der Waals surface area contributed by atoms with Gasteiger partial charge in [0.1, 0.15) is 11.6 Å². The minimum Gasteiger partial charge on any atom is -0.319 e. The number of H-pyrrole nitrogens is 1. The highest BCUT2D eigenvalue weighted by atomic mass is 35.5. The van der Waals surface area contributed by atoms with E-state index in [0.29, 0.717) is 35.8 Å². The number of aromatic amines is 1. The number of carbonyl (C=O) groups is 1. The first-order valence-electron chi connectivity index (χ1n) is 9.54. The van der Waals surface area contributed by atoms with Crippen LogP contribution in [0.15, 0.2) is 36.4 Å². The number of anilines is 1. The summed E-state index contributed by atoms with van der Waals surface area (Å²) in [4.78, 5) is 17.1. The summed E-state index contributed by atoms with van der Waals surface area (Å²) in [6, 6.07) is 10.5. The molecule has 1 aliphatic carbocycles. The number of halogens is 2. The van der Waals surface area contributed by atoms with Crippen LogP contribution in [0.1, 0.15) is 46.1 Å². The Kier molecular flexibility index (Phi) is 5.34. The lowest BCUT2D eigenvalue weighted by Crippen LogP contribution is -2.25. The van der Waals surface area contributed by atoms with Crippen molar-refractivity contribution in [2.45, 2.75) is 31.7 Å². The van der Waals surface area contributed by atoms with E-state index in [1.54, 1.807) is 18.2 Å². The van der Waals surface area contributed by atoms with Gasteiger partial charge in [0, 0.05) is 23.6 Å². The average molecular weight is 414 g/mol. The van der Waals surface area contributed by atoms with Crippen molar-refractivity contribution in [3.8, 4) is 11.4 Å². The highest BCUT2D eigenvalue weighted by Crippen LogP contribution is 2.38. The Labute approximate surface area is 173 Å². The van der Waals surface area contributed by atoms with Gasteiger partial charge in [0.2, 0.25) is 0 Å². The van der Waals surface area contributed by atoms with Gasteiger partial charge in [-0.15, -0.1) is 12.4 Å². The van der Waals surface area contributed by atoms with Crippen molar-refractivity contribution in [1.29, 1.82) is 0 Å². The predicted octanol–water partition coefficient (Wildman–Crippen LogP) is 3.81. The summed E-state index contributed by atoms with van der Waals surface area (Å²) in [5.74, 6) is 1.39. The smallest absolute Gasteiger partial charge is 0.255 e. The number of hydrogen-bond donors (Lipinski definition) is 3. The number of benzene rings is 2. The van der Waals surface area contributed by atoms with E-state index in [1.165, 1.54) is 0 Å². The Bertz CT molecular complexity index is 1050. The zero-order chi connectivity index (χ0) is 19.1. The van der Waals surface area contributed by atoms with Gasteiger partial charge in [0.15, 0.2) is 5.82 Å². The number of hydrogen-bond acceptors (Lipinski definition) is 4.